The van der Waals surface area contributed by atoms with Gasteiger partial charge < -0.3 is 15.4 Å². The van der Waals surface area contributed by atoms with E-state index in [2.05, 4.69) is 64.7 Å². The molecule has 0 amide bonds. The summed E-state index contributed by atoms with van der Waals surface area (Å²) in [6.45, 7) is 9.15. The summed E-state index contributed by atoms with van der Waals surface area (Å²) in [7, 11) is 1.87. The number of benzene rings is 1. The van der Waals surface area contributed by atoms with E-state index in [1.807, 2.05) is 7.05 Å². The standard InChI is InChI=1S/C22H36N4O/c1-4-27-13-12-22(10-11-22)17-24-21(23-3)25-20-14-18(2)26(16-20)15-19-8-6-5-7-9-19/h5-9,18,20H,4,10-17H2,1-3H3,(H2,23,24,25). The van der Waals surface area contributed by atoms with Gasteiger partial charge in [-0.1, -0.05) is 30.3 Å². The summed E-state index contributed by atoms with van der Waals surface area (Å²) in [6, 6.07) is 11.8. The van der Waals surface area contributed by atoms with E-state index in [0.717, 1.165) is 51.6 Å². The maximum absolute atomic E-state index is 5.54. The van der Waals surface area contributed by atoms with Gasteiger partial charge >= 0.3 is 0 Å². The lowest BCUT2D eigenvalue weighted by Gasteiger charge is -2.22. The molecule has 2 fully saturated rings. The van der Waals surface area contributed by atoms with Gasteiger partial charge in [0.2, 0.25) is 0 Å². The zero-order valence-electron chi connectivity index (χ0n) is 17.2. The molecule has 27 heavy (non-hydrogen) atoms. The van der Waals surface area contributed by atoms with Crippen LogP contribution in [0.25, 0.3) is 0 Å². The van der Waals surface area contributed by atoms with Gasteiger partial charge in [0.05, 0.1) is 0 Å². The molecule has 1 saturated heterocycles. The third-order valence-corrected chi connectivity index (χ3v) is 6.07. The number of guanidine groups is 1. The summed E-state index contributed by atoms with van der Waals surface area (Å²) in [5.41, 5.74) is 1.81. The van der Waals surface area contributed by atoms with Crippen LogP contribution in [0.15, 0.2) is 35.3 Å². The maximum atomic E-state index is 5.54. The van der Waals surface area contributed by atoms with Gasteiger partial charge in [0, 0.05) is 52.0 Å². The summed E-state index contributed by atoms with van der Waals surface area (Å²) < 4.78 is 5.54. The van der Waals surface area contributed by atoms with E-state index < -0.39 is 0 Å². The van der Waals surface area contributed by atoms with Gasteiger partial charge in [-0.25, -0.2) is 0 Å². The van der Waals surface area contributed by atoms with Crippen LogP contribution in [0.3, 0.4) is 0 Å². The van der Waals surface area contributed by atoms with Crippen molar-refractivity contribution in [2.45, 2.75) is 58.2 Å². The van der Waals surface area contributed by atoms with Gasteiger partial charge in [-0.15, -0.1) is 0 Å². The molecule has 2 aliphatic rings. The first-order valence-corrected chi connectivity index (χ1v) is 10.5. The molecule has 150 valence electrons. The number of nitrogens with zero attached hydrogens (tertiary/aromatic N) is 2. The first-order valence-electron chi connectivity index (χ1n) is 10.5. The molecule has 2 N–H and O–H groups in total. The highest BCUT2D eigenvalue weighted by atomic mass is 16.5. The normalized spacial score (nSPS) is 24.8. The smallest absolute Gasteiger partial charge is 0.191 e. The molecule has 2 atom stereocenters. The Kier molecular flexibility index (Phi) is 7.13. The van der Waals surface area contributed by atoms with Crippen molar-refractivity contribution in [2.24, 2.45) is 10.4 Å². The van der Waals surface area contributed by atoms with Crippen LogP contribution in [-0.2, 0) is 11.3 Å². The first kappa shape index (κ1) is 20.2. The SMILES string of the molecule is CCOCCC1(CNC(=NC)NC2CC(C)N(Cc3ccccc3)C2)CC1. The number of aliphatic imine (C=N–C) groups is 1. The average Bonchev–Trinajstić information content (AvgIpc) is 3.37. The summed E-state index contributed by atoms with van der Waals surface area (Å²) in [5.74, 6) is 0.941. The van der Waals surface area contributed by atoms with E-state index in [0.29, 0.717) is 17.5 Å². The molecular weight excluding hydrogens is 336 g/mol. The Morgan fingerprint density at radius 3 is 2.74 bits per heavy atom. The van der Waals surface area contributed by atoms with E-state index in [-0.39, 0.29) is 0 Å². The van der Waals surface area contributed by atoms with Gasteiger partial charge in [0.25, 0.3) is 0 Å². The summed E-state index contributed by atoms with van der Waals surface area (Å²) in [6.07, 6.45) is 4.91. The van der Waals surface area contributed by atoms with Crippen molar-refractivity contribution in [3.63, 3.8) is 0 Å². The summed E-state index contributed by atoms with van der Waals surface area (Å²) in [4.78, 5) is 7.02. The van der Waals surface area contributed by atoms with Crippen molar-refractivity contribution in [1.82, 2.24) is 15.5 Å². The Bertz CT molecular complexity index is 600. The molecule has 1 aliphatic heterocycles. The minimum absolute atomic E-state index is 0.426. The van der Waals surface area contributed by atoms with Crippen molar-refractivity contribution >= 4 is 5.96 Å². The highest BCUT2D eigenvalue weighted by Gasteiger charge is 2.42. The summed E-state index contributed by atoms with van der Waals surface area (Å²) >= 11 is 0. The second-order valence-electron chi connectivity index (χ2n) is 8.21. The fourth-order valence-corrected chi connectivity index (χ4v) is 4.03. The molecule has 1 heterocycles. The molecule has 3 rings (SSSR count). The van der Waals surface area contributed by atoms with Crippen molar-refractivity contribution < 1.29 is 4.74 Å². The van der Waals surface area contributed by atoms with E-state index in [1.165, 1.54) is 18.4 Å². The highest BCUT2D eigenvalue weighted by Crippen LogP contribution is 2.48. The van der Waals surface area contributed by atoms with Crippen LogP contribution in [0.4, 0.5) is 0 Å². The van der Waals surface area contributed by atoms with Gasteiger partial charge in [-0.3, -0.25) is 9.89 Å². The zero-order valence-corrected chi connectivity index (χ0v) is 17.2. The lowest BCUT2D eigenvalue weighted by atomic mass is 10.0. The molecule has 5 nitrogen and oxygen atoms in total. The predicted octanol–water partition coefficient (Wildman–Crippen LogP) is 3.02. The second kappa shape index (κ2) is 9.56. The Balaban J connectivity index is 1.43. The topological polar surface area (TPSA) is 48.9 Å². The fraction of sp³-hybridized carbons (Fsp3) is 0.682. The molecular formula is C22H36N4O. The van der Waals surface area contributed by atoms with Crippen LogP contribution < -0.4 is 10.6 Å². The zero-order chi connectivity index (χ0) is 19.1. The number of hydrogen-bond donors (Lipinski definition) is 2. The molecule has 1 aliphatic carbocycles. The van der Waals surface area contributed by atoms with Gasteiger partial charge in [-0.05, 0) is 50.5 Å². The summed E-state index contributed by atoms with van der Waals surface area (Å²) in [5, 5.41) is 7.22. The van der Waals surface area contributed by atoms with Crippen LogP contribution in [0.1, 0.15) is 45.1 Å². The molecule has 1 saturated carbocycles. The average molecular weight is 373 g/mol. The van der Waals surface area contributed by atoms with E-state index in [1.54, 1.807) is 0 Å². The largest absolute Gasteiger partial charge is 0.382 e. The Labute approximate surface area is 164 Å². The lowest BCUT2D eigenvalue weighted by molar-refractivity contribution is 0.128. The van der Waals surface area contributed by atoms with Crippen LogP contribution in [0.2, 0.25) is 0 Å². The second-order valence-corrected chi connectivity index (χ2v) is 8.21. The molecule has 0 radical (unpaired) electrons. The molecule has 5 heteroatoms. The maximum Gasteiger partial charge on any atom is 0.191 e. The van der Waals surface area contributed by atoms with Crippen molar-refractivity contribution in [3.8, 4) is 0 Å². The molecule has 1 aromatic rings. The molecule has 0 aromatic heterocycles. The molecule has 0 bridgehead atoms. The Hall–Kier alpha value is -1.59. The van der Waals surface area contributed by atoms with Gasteiger partial charge in [0.15, 0.2) is 5.96 Å². The van der Waals surface area contributed by atoms with Crippen molar-refractivity contribution in [2.75, 3.05) is 33.4 Å². The Morgan fingerprint density at radius 2 is 2.07 bits per heavy atom. The number of likely N-dealkylation sites (tertiary alicyclic amines) is 1. The molecule has 2 unspecified atom stereocenters. The number of nitrogens with one attached hydrogen (secondary N) is 2. The minimum Gasteiger partial charge on any atom is -0.382 e. The van der Waals surface area contributed by atoms with E-state index in [4.69, 9.17) is 4.74 Å². The minimum atomic E-state index is 0.426. The van der Waals surface area contributed by atoms with Gasteiger partial charge in [-0.2, -0.15) is 0 Å². The van der Waals surface area contributed by atoms with Gasteiger partial charge in [0.1, 0.15) is 0 Å². The third-order valence-electron chi connectivity index (χ3n) is 6.07. The van der Waals surface area contributed by atoms with E-state index in [9.17, 15) is 0 Å². The molecule has 0 spiro atoms. The third kappa shape index (κ3) is 5.94. The predicted molar refractivity (Wildman–Crippen MR) is 112 cm³/mol. The van der Waals surface area contributed by atoms with Crippen LogP contribution in [0, 0.1) is 5.41 Å². The number of hydrogen-bond acceptors (Lipinski definition) is 3. The van der Waals surface area contributed by atoms with E-state index >= 15 is 0 Å². The van der Waals surface area contributed by atoms with Crippen molar-refractivity contribution in [3.05, 3.63) is 35.9 Å². The van der Waals surface area contributed by atoms with Crippen molar-refractivity contribution in [1.29, 1.82) is 0 Å². The van der Waals surface area contributed by atoms with Crippen LogP contribution in [-0.4, -0.2) is 56.3 Å². The quantitative estimate of drug-likeness (QED) is 0.397. The Morgan fingerprint density at radius 1 is 1.30 bits per heavy atom. The highest BCUT2D eigenvalue weighted by molar-refractivity contribution is 5.80. The first-order chi connectivity index (χ1) is 13.1. The lowest BCUT2D eigenvalue weighted by Crippen LogP contribution is -2.46. The monoisotopic (exact) mass is 372 g/mol. The molecule has 1 aromatic carbocycles. The fourth-order valence-electron chi connectivity index (χ4n) is 4.03. The van der Waals surface area contributed by atoms with Crippen LogP contribution >= 0.6 is 0 Å². The number of rotatable bonds is 9. The number of ether oxygens (including phenoxy) is 1. The van der Waals surface area contributed by atoms with Crippen LogP contribution in [0.5, 0.6) is 0 Å².